The second-order valence-corrected chi connectivity index (χ2v) is 8.52. The molecular weight excluding hydrogens is 376 g/mol. The van der Waals surface area contributed by atoms with Crippen LogP contribution in [0.25, 0.3) is 0 Å². The summed E-state index contributed by atoms with van der Waals surface area (Å²) in [5.74, 6) is 2.05. The van der Waals surface area contributed by atoms with Gasteiger partial charge in [-0.2, -0.15) is 0 Å². The third kappa shape index (κ3) is 4.62. The lowest BCUT2D eigenvalue weighted by molar-refractivity contribution is -0.132. The molecule has 1 fully saturated rings. The van der Waals surface area contributed by atoms with Gasteiger partial charge in [0.2, 0.25) is 5.91 Å². The van der Waals surface area contributed by atoms with Gasteiger partial charge in [0.1, 0.15) is 6.04 Å². The van der Waals surface area contributed by atoms with Crippen molar-refractivity contribution < 1.29 is 14.3 Å². The van der Waals surface area contributed by atoms with Crippen molar-refractivity contribution in [2.24, 2.45) is 5.92 Å². The van der Waals surface area contributed by atoms with Gasteiger partial charge < -0.3 is 14.4 Å². The van der Waals surface area contributed by atoms with Crippen LogP contribution in [-0.4, -0.2) is 37.1 Å². The molecule has 2 aliphatic rings. The summed E-state index contributed by atoms with van der Waals surface area (Å²) in [6.45, 7) is 7.40. The number of hydrogen-bond donors (Lipinski definition) is 1. The van der Waals surface area contributed by atoms with E-state index in [1.165, 1.54) is 0 Å². The van der Waals surface area contributed by atoms with Gasteiger partial charge in [-0.1, -0.05) is 50.2 Å². The van der Waals surface area contributed by atoms with E-state index in [0.29, 0.717) is 19.1 Å². The monoisotopic (exact) mass is 408 g/mol. The standard InChI is InChI=1S/C25H32N2O3/c1-18(2)23(20-11-12-21-22(17-20)30-16-8-15-29-21)26-24(19-9-4-3-5-10-19)25(28)27-13-6-7-14-27/h3-5,9-12,17-18,23-24,26H,6-8,13-16H2,1-2H3. The predicted octanol–water partition coefficient (Wildman–Crippen LogP) is 4.50. The van der Waals surface area contributed by atoms with Crippen molar-refractivity contribution in [2.75, 3.05) is 26.3 Å². The molecule has 30 heavy (non-hydrogen) atoms. The lowest BCUT2D eigenvalue weighted by atomic mass is 9.93. The highest BCUT2D eigenvalue weighted by Gasteiger charge is 2.31. The highest BCUT2D eigenvalue weighted by atomic mass is 16.5. The summed E-state index contributed by atoms with van der Waals surface area (Å²) in [6.07, 6.45) is 3.06. The molecule has 1 amide bonds. The van der Waals surface area contributed by atoms with Gasteiger partial charge in [-0.25, -0.2) is 0 Å². The molecule has 0 radical (unpaired) electrons. The Balaban J connectivity index is 1.63. The summed E-state index contributed by atoms with van der Waals surface area (Å²) < 4.78 is 11.7. The molecule has 0 spiro atoms. The normalized spacial score (nSPS) is 18.2. The summed E-state index contributed by atoms with van der Waals surface area (Å²) in [4.78, 5) is 15.4. The van der Waals surface area contributed by atoms with E-state index < -0.39 is 0 Å². The summed E-state index contributed by atoms with van der Waals surface area (Å²) in [5, 5.41) is 3.70. The van der Waals surface area contributed by atoms with E-state index in [4.69, 9.17) is 9.47 Å². The molecule has 0 aliphatic carbocycles. The molecular formula is C25H32N2O3. The molecule has 2 aliphatic heterocycles. The van der Waals surface area contributed by atoms with Crippen LogP contribution in [0.2, 0.25) is 0 Å². The van der Waals surface area contributed by atoms with Gasteiger partial charge in [0, 0.05) is 25.6 Å². The summed E-state index contributed by atoms with van der Waals surface area (Å²) >= 11 is 0. The molecule has 5 heteroatoms. The van der Waals surface area contributed by atoms with E-state index in [1.807, 2.05) is 41.3 Å². The van der Waals surface area contributed by atoms with Gasteiger partial charge in [-0.05, 0) is 42.0 Å². The zero-order valence-corrected chi connectivity index (χ0v) is 18.0. The van der Waals surface area contributed by atoms with Crippen molar-refractivity contribution >= 4 is 5.91 Å². The van der Waals surface area contributed by atoms with Gasteiger partial charge >= 0.3 is 0 Å². The number of amides is 1. The Morgan fingerprint density at radius 1 is 0.900 bits per heavy atom. The fraction of sp³-hybridized carbons (Fsp3) is 0.480. The van der Waals surface area contributed by atoms with E-state index in [1.54, 1.807) is 0 Å². The third-order valence-electron chi connectivity index (χ3n) is 5.94. The lowest BCUT2D eigenvalue weighted by Crippen LogP contribution is -2.42. The molecule has 2 unspecified atom stereocenters. The van der Waals surface area contributed by atoms with Crippen LogP contribution < -0.4 is 14.8 Å². The number of carbonyl (C=O) groups is 1. The minimum absolute atomic E-state index is 0.0129. The van der Waals surface area contributed by atoms with Gasteiger partial charge in [0.25, 0.3) is 0 Å². The minimum atomic E-state index is -0.368. The highest BCUT2D eigenvalue weighted by Crippen LogP contribution is 2.35. The Labute approximate surface area is 179 Å². The molecule has 1 saturated heterocycles. The Bertz CT molecular complexity index is 847. The molecule has 0 bridgehead atoms. The second-order valence-electron chi connectivity index (χ2n) is 8.52. The van der Waals surface area contributed by atoms with Crippen LogP contribution in [0.5, 0.6) is 11.5 Å². The zero-order chi connectivity index (χ0) is 20.9. The highest BCUT2D eigenvalue weighted by molar-refractivity contribution is 5.83. The van der Waals surface area contributed by atoms with Crippen molar-refractivity contribution in [1.82, 2.24) is 10.2 Å². The maximum atomic E-state index is 13.4. The number of nitrogens with zero attached hydrogens (tertiary/aromatic N) is 1. The minimum Gasteiger partial charge on any atom is -0.490 e. The first-order valence-electron chi connectivity index (χ1n) is 11.1. The van der Waals surface area contributed by atoms with E-state index in [2.05, 4.69) is 31.3 Å². The SMILES string of the molecule is CC(C)C(NC(C(=O)N1CCCC1)c1ccccc1)c1ccc2c(c1)OCCCO2. The van der Waals surface area contributed by atoms with Gasteiger partial charge in [-0.15, -0.1) is 0 Å². The number of likely N-dealkylation sites (tertiary alicyclic amines) is 1. The van der Waals surface area contributed by atoms with Gasteiger partial charge in [-0.3, -0.25) is 10.1 Å². The first kappa shape index (κ1) is 20.7. The molecule has 1 N–H and O–H groups in total. The molecule has 2 heterocycles. The van der Waals surface area contributed by atoms with Crippen LogP contribution >= 0.6 is 0 Å². The second kappa shape index (κ2) is 9.52. The Kier molecular flexibility index (Phi) is 6.58. The predicted molar refractivity (Wildman–Crippen MR) is 118 cm³/mol. The van der Waals surface area contributed by atoms with E-state index in [9.17, 15) is 4.79 Å². The van der Waals surface area contributed by atoms with Crippen molar-refractivity contribution in [3.05, 3.63) is 59.7 Å². The Morgan fingerprint density at radius 2 is 1.60 bits per heavy atom. The molecule has 160 valence electrons. The summed E-state index contributed by atoms with van der Waals surface area (Å²) in [6, 6.07) is 15.9. The van der Waals surface area contributed by atoms with Crippen molar-refractivity contribution in [2.45, 2.75) is 45.2 Å². The maximum absolute atomic E-state index is 13.4. The van der Waals surface area contributed by atoms with E-state index in [-0.39, 0.29) is 18.0 Å². The molecule has 5 nitrogen and oxygen atoms in total. The molecule has 2 atom stereocenters. The molecule has 2 aromatic carbocycles. The van der Waals surface area contributed by atoms with Crippen LogP contribution in [0.15, 0.2) is 48.5 Å². The third-order valence-corrected chi connectivity index (χ3v) is 5.94. The number of hydrogen-bond acceptors (Lipinski definition) is 4. The summed E-state index contributed by atoms with van der Waals surface area (Å²) in [7, 11) is 0. The molecule has 0 saturated carbocycles. The largest absolute Gasteiger partial charge is 0.490 e. The van der Waals surface area contributed by atoms with Crippen molar-refractivity contribution in [1.29, 1.82) is 0 Å². The quantitative estimate of drug-likeness (QED) is 0.765. The van der Waals surface area contributed by atoms with Crippen LogP contribution in [0, 0.1) is 5.92 Å². The summed E-state index contributed by atoms with van der Waals surface area (Å²) in [5.41, 5.74) is 2.12. The van der Waals surface area contributed by atoms with Crippen LogP contribution in [0.1, 0.15) is 56.3 Å². The number of fused-ring (bicyclic) bond motifs is 1. The number of rotatable bonds is 6. The van der Waals surface area contributed by atoms with Crippen LogP contribution in [-0.2, 0) is 4.79 Å². The lowest BCUT2D eigenvalue weighted by Gasteiger charge is -2.31. The zero-order valence-electron chi connectivity index (χ0n) is 18.0. The number of nitrogens with one attached hydrogen (secondary N) is 1. The number of benzene rings is 2. The van der Waals surface area contributed by atoms with Crippen molar-refractivity contribution in [3.63, 3.8) is 0 Å². The average Bonchev–Trinajstić information content (AvgIpc) is 3.20. The smallest absolute Gasteiger partial charge is 0.244 e. The molecule has 2 aromatic rings. The number of ether oxygens (including phenoxy) is 2. The molecule has 0 aromatic heterocycles. The number of carbonyl (C=O) groups excluding carboxylic acids is 1. The van der Waals surface area contributed by atoms with E-state index in [0.717, 1.165) is 55.0 Å². The van der Waals surface area contributed by atoms with Crippen molar-refractivity contribution in [3.8, 4) is 11.5 Å². The van der Waals surface area contributed by atoms with E-state index >= 15 is 0 Å². The fourth-order valence-corrected chi connectivity index (χ4v) is 4.30. The van der Waals surface area contributed by atoms with Gasteiger partial charge in [0.15, 0.2) is 11.5 Å². The van der Waals surface area contributed by atoms with Crippen LogP contribution in [0.3, 0.4) is 0 Å². The molecule has 4 rings (SSSR count). The maximum Gasteiger partial charge on any atom is 0.244 e. The van der Waals surface area contributed by atoms with Gasteiger partial charge in [0.05, 0.1) is 13.2 Å². The fourth-order valence-electron chi connectivity index (χ4n) is 4.30. The Morgan fingerprint density at radius 3 is 2.30 bits per heavy atom. The topological polar surface area (TPSA) is 50.8 Å². The first-order valence-corrected chi connectivity index (χ1v) is 11.1. The average molecular weight is 409 g/mol. The Hall–Kier alpha value is -2.53. The van der Waals surface area contributed by atoms with Crippen LogP contribution in [0.4, 0.5) is 0 Å². The first-order chi connectivity index (χ1) is 14.6.